The van der Waals surface area contributed by atoms with E-state index in [-0.39, 0.29) is 5.82 Å². The zero-order chi connectivity index (χ0) is 12.1. The zero-order valence-electron chi connectivity index (χ0n) is 10.0. The van der Waals surface area contributed by atoms with Gasteiger partial charge in [0.15, 0.2) is 0 Å². The van der Waals surface area contributed by atoms with Crippen molar-refractivity contribution < 1.29 is 4.39 Å². The highest BCUT2D eigenvalue weighted by atomic mass is 19.1. The molecule has 17 heavy (non-hydrogen) atoms. The lowest BCUT2D eigenvalue weighted by Gasteiger charge is -2.05. The molecule has 0 amide bonds. The van der Waals surface area contributed by atoms with Crippen LogP contribution in [0.15, 0.2) is 43.1 Å². The van der Waals surface area contributed by atoms with Crippen molar-refractivity contribution >= 4 is 10.9 Å². The summed E-state index contributed by atoms with van der Waals surface area (Å²) in [5.41, 5.74) is 0.994. The number of aromatic nitrogens is 1. The van der Waals surface area contributed by atoms with E-state index >= 15 is 0 Å². The molecule has 1 aromatic heterocycles. The molecule has 2 rings (SSSR count). The molecule has 0 aliphatic heterocycles. The highest BCUT2D eigenvalue weighted by molar-refractivity contribution is 5.80. The van der Waals surface area contributed by atoms with Crippen LogP contribution in [0.5, 0.6) is 0 Å². The summed E-state index contributed by atoms with van der Waals surface area (Å²) in [6.07, 6.45) is 8.60. The Morgan fingerprint density at radius 2 is 2.06 bits per heavy atom. The number of hydrogen-bond acceptors (Lipinski definition) is 0. The van der Waals surface area contributed by atoms with E-state index in [4.69, 9.17) is 0 Å². The van der Waals surface area contributed by atoms with Crippen molar-refractivity contribution in [2.24, 2.45) is 0 Å². The number of hydrogen-bond donors (Lipinski definition) is 0. The normalized spacial score (nSPS) is 10.9. The van der Waals surface area contributed by atoms with Gasteiger partial charge in [0.2, 0.25) is 0 Å². The molecule has 0 saturated heterocycles. The number of unbranched alkanes of at least 4 members (excludes halogenated alkanes) is 3. The quantitative estimate of drug-likeness (QED) is 0.508. The van der Waals surface area contributed by atoms with Crippen LogP contribution in [-0.2, 0) is 6.54 Å². The Morgan fingerprint density at radius 3 is 2.88 bits per heavy atom. The summed E-state index contributed by atoms with van der Waals surface area (Å²) in [7, 11) is 0. The lowest BCUT2D eigenvalue weighted by molar-refractivity contribution is 0.599. The maximum atomic E-state index is 13.2. The predicted octanol–water partition coefficient (Wildman–Crippen LogP) is 4.53. The monoisotopic (exact) mass is 231 g/mol. The van der Waals surface area contributed by atoms with Crippen molar-refractivity contribution in [3.05, 3.63) is 48.9 Å². The molecule has 2 aromatic rings. The molecule has 1 nitrogen and oxygen atoms in total. The number of benzene rings is 1. The largest absolute Gasteiger partial charge is 0.347 e. The molecule has 1 heterocycles. The number of rotatable bonds is 6. The van der Waals surface area contributed by atoms with Crippen LogP contribution < -0.4 is 0 Å². The van der Waals surface area contributed by atoms with Gasteiger partial charge in [-0.2, -0.15) is 0 Å². The van der Waals surface area contributed by atoms with Crippen LogP contribution in [0, 0.1) is 5.82 Å². The van der Waals surface area contributed by atoms with Gasteiger partial charge in [-0.1, -0.05) is 12.5 Å². The van der Waals surface area contributed by atoms with Gasteiger partial charge in [0.25, 0.3) is 0 Å². The third-order valence-corrected chi connectivity index (χ3v) is 3.04. The summed E-state index contributed by atoms with van der Waals surface area (Å²) < 4.78 is 15.3. The summed E-state index contributed by atoms with van der Waals surface area (Å²) in [6, 6.07) is 6.99. The highest BCUT2D eigenvalue weighted by Gasteiger charge is 2.01. The van der Waals surface area contributed by atoms with Crippen LogP contribution in [0.25, 0.3) is 10.9 Å². The summed E-state index contributed by atoms with van der Waals surface area (Å²) in [6.45, 7) is 4.67. The highest BCUT2D eigenvalue weighted by Crippen LogP contribution is 2.18. The van der Waals surface area contributed by atoms with E-state index in [9.17, 15) is 4.39 Å². The van der Waals surface area contributed by atoms with Crippen molar-refractivity contribution in [2.45, 2.75) is 32.2 Å². The van der Waals surface area contributed by atoms with E-state index in [1.54, 1.807) is 6.07 Å². The van der Waals surface area contributed by atoms with Crippen LogP contribution in [0.4, 0.5) is 4.39 Å². The summed E-state index contributed by atoms with van der Waals surface area (Å²) in [5.74, 6) is -0.163. The second-order valence-corrected chi connectivity index (χ2v) is 4.35. The van der Waals surface area contributed by atoms with Gasteiger partial charge in [0.1, 0.15) is 5.82 Å². The van der Waals surface area contributed by atoms with Crippen LogP contribution >= 0.6 is 0 Å². The van der Waals surface area contributed by atoms with Crippen molar-refractivity contribution in [3.63, 3.8) is 0 Å². The minimum atomic E-state index is -0.163. The van der Waals surface area contributed by atoms with Crippen LogP contribution in [0.2, 0.25) is 0 Å². The molecule has 0 fully saturated rings. The Morgan fingerprint density at radius 1 is 1.18 bits per heavy atom. The van der Waals surface area contributed by atoms with Gasteiger partial charge in [-0.25, -0.2) is 4.39 Å². The molecule has 0 bridgehead atoms. The molecule has 0 atom stereocenters. The van der Waals surface area contributed by atoms with E-state index in [2.05, 4.69) is 11.1 Å². The van der Waals surface area contributed by atoms with Crippen molar-refractivity contribution in [1.82, 2.24) is 4.57 Å². The van der Waals surface area contributed by atoms with E-state index in [1.165, 1.54) is 18.9 Å². The Hall–Kier alpha value is -1.57. The fourth-order valence-corrected chi connectivity index (χ4v) is 2.10. The summed E-state index contributed by atoms with van der Waals surface area (Å²) in [5, 5.41) is 1.11. The predicted molar refractivity (Wildman–Crippen MR) is 70.6 cm³/mol. The van der Waals surface area contributed by atoms with Crippen LogP contribution in [0.3, 0.4) is 0 Å². The van der Waals surface area contributed by atoms with Gasteiger partial charge >= 0.3 is 0 Å². The first-order chi connectivity index (χ1) is 8.31. The molecule has 0 N–H and O–H groups in total. The van der Waals surface area contributed by atoms with Gasteiger partial charge in [-0.15, -0.1) is 6.58 Å². The Kier molecular flexibility index (Phi) is 3.97. The van der Waals surface area contributed by atoms with Crippen molar-refractivity contribution in [1.29, 1.82) is 0 Å². The number of halogens is 1. The van der Waals surface area contributed by atoms with Gasteiger partial charge in [-0.05, 0) is 48.9 Å². The molecule has 0 aliphatic rings. The van der Waals surface area contributed by atoms with Crippen LogP contribution in [-0.4, -0.2) is 4.57 Å². The average molecular weight is 231 g/mol. The Balaban J connectivity index is 1.98. The fraction of sp³-hybridized carbons (Fsp3) is 0.333. The first-order valence-corrected chi connectivity index (χ1v) is 6.16. The van der Waals surface area contributed by atoms with Gasteiger partial charge in [0.05, 0.1) is 5.52 Å². The Bertz CT molecular complexity index is 499. The third kappa shape index (κ3) is 2.96. The standard InChI is InChI=1S/C15H18FN/c1-2-3-4-5-6-10-17-11-9-13-7-8-14(16)12-15(13)17/h2,7-9,11-12H,1,3-6,10H2. The van der Waals surface area contributed by atoms with Gasteiger partial charge < -0.3 is 4.57 Å². The SMILES string of the molecule is C=CCCCCCn1ccc2ccc(F)cc21. The first kappa shape index (κ1) is 11.9. The number of aryl methyl sites for hydroxylation is 1. The van der Waals surface area contributed by atoms with Crippen molar-refractivity contribution in [3.8, 4) is 0 Å². The maximum Gasteiger partial charge on any atom is 0.125 e. The van der Waals surface area contributed by atoms with Gasteiger partial charge in [-0.3, -0.25) is 0 Å². The minimum absolute atomic E-state index is 0.163. The third-order valence-electron chi connectivity index (χ3n) is 3.04. The van der Waals surface area contributed by atoms with Crippen LogP contribution in [0.1, 0.15) is 25.7 Å². The van der Waals surface area contributed by atoms with Crippen molar-refractivity contribution in [2.75, 3.05) is 0 Å². The topological polar surface area (TPSA) is 4.93 Å². The smallest absolute Gasteiger partial charge is 0.125 e. The molecule has 0 spiro atoms. The zero-order valence-corrected chi connectivity index (χ0v) is 10.0. The molecule has 90 valence electrons. The average Bonchev–Trinajstić information content (AvgIpc) is 2.72. The second-order valence-electron chi connectivity index (χ2n) is 4.35. The molecule has 1 aromatic carbocycles. The van der Waals surface area contributed by atoms with E-state index in [0.717, 1.165) is 30.3 Å². The molecule has 2 heteroatoms. The van der Waals surface area contributed by atoms with Gasteiger partial charge in [0, 0.05) is 12.7 Å². The molecule has 0 radical (unpaired) electrons. The molecular formula is C15H18FN. The van der Waals surface area contributed by atoms with E-state index < -0.39 is 0 Å². The number of fused-ring (bicyclic) bond motifs is 1. The molecular weight excluding hydrogens is 213 g/mol. The van der Waals surface area contributed by atoms with E-state index in [0.29, 0.717) is 0 Å². The molecule has 0 saturated carbocycles. The number of nitrogens with zero attached hydrogens (tertiary/aromatic N) is 1. The second kappa shape index (κ2) is 5.67. The number of allylic oxidation sites excluding steroid dienone is 1. The lowest BCUT2D eigenvalue weighted by atomic mass is 10.2. The summed E-state index contributed by atoms with van der Waals surface area (Å²) in [4.78, 5) is 0. The maximum absolute atomic E-state index is 13.2. The lowest BCUT2D eigenvalue weighted by Crippen LogP contribution is -1.96. The minimum Gasteiger partial charge on any atom is -0.347 e. The Labute approximate surface area is 102 Å². The summed E-state index contributed by atoms with van der Waals surface area (Å²) >= 11 is 0. The van der Waals surface area contributed by atoms with E-state index in [1.807, 2.05) is 24.4 Å². The first-order valence-electron chi connectivity index (χ1n) is 6.16. The molecule has 0 unspecified atom stereocenters. The fourth-order valence-electron chi connectivity index (χ4n) is 2.10. The molecule has 0 aliphatic carbocycles.